The summed E-state index contributed by atoms with van der Waals surface area (Å²) in [4.78, 5) is 34.4. The maximum Gasteiger partial charge on any atom is 0.269 e. The predicted octanol–water partition coefficient (Wildman–Crippen LogP) is 0.765. The Morgan fingerprint density at radius 1 is 1.20 bits per heavy atom. The third kappa shape index (κ3) is 4.05. The van der Waals surface area contributed by atoms with Crippen molar-refractivity contribution in [1.29, 1.82) is 0 Å². The van der Waals surface area contributed by atoms with Crippen LogP contribution >= 0.6 is 0 Å². The van der Waals surface area contributed by atoms with Crippen LogP contribution in [-0.4, -0.2) is 76.3 Å². The van der Waals surface area contributed by atoms with Crippen LogP contribution in [0.4, 0.5) is 14.5 Å². The van der Waals surface area contributed by atoms with Crippen molar-refractivity contribution in [3.8, 4) is 5.75 Å². The molecule has 1 saturated heterocycles. The molecule has 4 heterocycles. The third-order valence-corrected chi connectivity index (χ3v) is 6.48. The van der Waals surface area contributed by atoms with Gasteiger partial charge in [0.1, 0.15) is 11.4 Å². The normalized spacial score (nSPS) is 17.3. The van der Waals surface area contributed by atoms with Crippen LogP contribution in [0.5, 0.6) is 5.75 Å². The van der Waals surface area contributed by atoms with Crippen molar-refractivity contribution >= 4 is 38.2 Å². The molecule has 0 saturated carbocycles. The van der Waals surface area contributed by atoms with Crippen LogP contribution in [-0.2, 0) is 11.8 Å². The van der Waals surface area contributed by atoms with E-state index in [9.17, 15) is 14.0 Å². The van der Waals surface area contributed by atoms with Gasteiger partial charge in [-0.25, -0.2) is 9.37 Å². The van der Waals surface area contributed by atoms with E-state index in [1.54, 1.807) is 18.2 Å². The summed E-state index contributed by atoms with van der Waals surface area (Å²) in [7, 11) is 13.3. The molecule has 176 valence electrons. The van der Waals surface area contributed by atoms with Crippen molar-refractivity contribution in [3.05, 3.63) is 63.2 Å². The number of nitrogens with one attached hydrogen (secondary N) is 2. The van der Waals surface area contributed by atoms with Gasteiger partial charge in [0.25, 0.3) is 11.5 Å². The highest BCUT2D eigenvalue weighted by Crippen LogP contribution is 2.38. The van der Waals surface area contributed by atoms with Gasteiger partial charge < -0.3 is 19.9 Å². The molecular weight excluding hydrogens is 454 g/mol. The highest BCUT2D eigenvalue weighted by atomic mass is 19.1. The van der Waals surface area contributed by atoms with Gasteiger partial charge in [-0.05, 0) is 23.4 Å². The molecule has 0 aliphatic carbocycles. The van der Waals surface area contributed by atoms with Crippen LogP contribution in [0.3, 0.4) is 0 Å². The number of hydrogen-bond acceptors (Lipinski definition) is 6. The number of ether oxygens (including phenoxy) is 1. The minimum absolute atomic E-state index is 0.0110. The van der Waals surface area contributed by atoms with Crippen molar-refractivity contribution in [2.45, 2.75) is 11.8 Å². The van der Waals surface area contributed by atoms with Gasteiger partial charge in [0.05, 0.1) is 39.1 Å². The Morgan fingerprint density at radius 3 is 2.63 bits per heavy atom. The van der Waals surface area contributed by atoms with E-state index < -0.39 is 28.4 Å². The molecule has 5 rings (SSSR count). The quantitative estimate of drug-likeness (QED) is 0.428. The van der Waals surface area contributed by atoms with E-state index in [1.165, 1.54) is 13.1 Å². The number of piperazine rings is 1. The highest BCUT2D eigenvalue weighted by Gasteiger charge is 2.35. The first-order valence-electron chi connectivity index (χ1n) is 11.1. The van der Waals surface area contributed by atoms with Crippen molar-refractivity contribution in [2.24, 2.45) is 0 Å². The maximum absolute atomic E-state index is 15.4. The van der Waals surface area contributed by atoms with E-state index in [0.29, 0.717) is 49.4 Å². The zero-order valence-electron chi connectivity index (χ0n) is 19.0. The molecule has 2 N–H and O–H groups in total. The van der Waals surface area contributed by atoms with Crippen molar-refractivity contribution in [3.63, 3.8) is 0 Å². The standard InChI is InChI=1S/C23H21B2F2N5O3/c1-28-21(33)14-4-5-15(20(27)29-14)32-8-6-31(7-9-32)10-12-2-3-13-18(17(12)26)30-22(34)16-19(13)35-11-23(16,24)25/h2-5H,6-11H2,1H3,(H,28,33)(H,30,34). The van der Waals surface area contributed by atoms with Crippen molar-refractivity contribution in [2.75, 3.05) is 44.7 Å². The number of anilines is 1. The minimum Gasteiger partial charge on any atom is -0.493 e. The Hall–Kier alpha value is -3.40. The second kappa shape index (κ2) is 8.67. The van der Waals surface area contributed by atoms with Gasteiger partial charge in [-0.3, -0.25) is 14.5 Å². The summed E-state index contributed by atoms with van der Waals surface area (Å²) in [5.74, 6) is -1.50. The van der Waals surface area contributed by atoms with E-state index in [-0.39, 0.29) is 29.1 Å². The molecule has 0 spiro atoms. The molecule has 1 amide bonds. The molecule has 1 fully saturated rings. The van der Waals surface area contributed by atoms with Gasteiger partial charge in [-0.2, -0.15) is 4.39 Å². The Kier molecular flexibility index (Phi) is 5.79. The number of nitrogens with zero attached hydrogens (tertiary/aromatic N) is 3. The zero-order valence-corrected chi connectivity index (χ0v) is 19.0. The number of pyridine rings is 2. The number of aromatic nitrogens is 2. The molecule has 1 aromatic carbocycles. The lowest BCUT2D eigenvalue weighted by Gasteiger charge is -2.36. The largest absolute Gasteiger partial charge is 0.493 e. The molecule has 2 aliphatic heterocycles. The van der Waals surface area contributed by atoms with Crippen LogP contribution in [0.15, 0.2) is 29.1 Å². The maximum atomic E-state index is 15.4. The molecule has 2 aliphatic rings. The summed E-state index contributed by atoms with van der Waals surface area (Å²) < 4.78 is 35.4. The zero-order chi connectivity index (χ0) is 24.9. The monoisotopic (exact) mass is 475 g/mol. The molecule has 0 atom stereocenters. The third-order valence-electron chi connectivity index (χ3n) is 6.48. The second-order valence-corrected chi connectivity index (χ2v) is 8.80. The number of amides is 1. The van der Waals surface area contributed by atoms with E-state index in [0.717, 1.165) is 0 Å². The molecule has 8 nitrogen and oxygen atoms in total. The Balaban J connectivity index is 1.32. The number of fused-ring (bicyclic) bond motifs is 3. The minimum atomic E-state index is -1.43. The van der Waals surface area contributed by atoms with Gasteiger partial charge in [0.15, 0.2) is 5.82 Å². The fraction of sp³-hybridized carbons (Fsp3) is 0.348. The van der Waals surface area contributed by atoms with E-state index in [2.05, 4.69) is 15.3 Å². The number of halogens is 2. The number of carbonyl (C=O) groups excluding carboxylic acids is 1. The average Bonchev–Trinajstić information content (AvgIpc) is 3.17. The Bertz CT molecular complexity index is 1390. The molecule has 0 unspecified atom stereocenters. The van der Waals surface area contributed by atoms with Crippen molar-refractivity contribution < 1.29 is 18.3 Å². The molecule has 3 aromatic rings. The van der Waals surface area contributed by atoms with Gasteiger partial charge >= 0.3 is 0 Å². The Labute approximate surface area is 202 Å². The molecule has 4 radical (unpaired) electrons. The van der Waals surface area contributed by atoms with E-state index >= 15 is 4.39 Å². The van der Waals surface area contributed by atoms with Crippen LogP contribution in [0.1, 0.15) is 21.6 Å². The summed E-state index contributed by atoms with van der Waals surface area (Å²) in [6.45, 7) is 2.36. The van der Waals surface area contributed by atoms with Crippen LogP contribution < -0.4 is 20.5 Å². The first-order valence-corrected chi connectivity index (χ1v) is 11.1. The van der Waals surface area contributed by atoms with Gasteiger partial charge in [-0.15, -0.1) is 0 Å². The number of H-pyrrole nitrogens is 1. The van der Waals surface area contributed by atoms with Gasteiger partial charge in [0, 0.05) is 50.7 Å². The fourth-order valence-corrected chi connectivity index (χ4v) is 4.61. The van der Waals surface area contributed by atoms with E-state index in [1.807, 2.05) is 9.80 Å². The van der Waals surface area contributed by atoms with Gasteiger partial charge in [-0.1, -0.05) is 6.07 Å². The second-order valence-electron chi connectivity index (χ2n) is 8.80. The molecule has 12 heteroatoms. The smallest absolute Gasteiger partial charge is 0.269 e. The summed E-state index contributed by atoms with van der Waals surface area (Å²) in [6.07, 6.45) is 0. The number of hydrogen-bond donors (Lipinski definition) is 2. The van der Waals surface area contributed by atoms with Crippen LogP contribution in [0.25, 0.3) is 10.9 Å². The number of aromatic amines is 1. The van der Waals surface area contributed by atoms with Crippen LogP contribution in [0.2, 0.25) is 0 Å². The number of carbonyl (C=O) groups is 1. The Morgan fingerprint density at radius 2 is 1.94 bits per heavy atom. The average molecular weight is 475 g/mol. The highest BCUT2D eigenvalue weighted by molar-refractivity contribution is 6.41. The lowest BCUT2D eigenvalue weighted by molar-refractivity contribution is 0.0957. The molecule has 2 aromatic heterocycles. The number of benzene rings is 1. The lowest BCUT2D eigenvalue weighted by atomic mass is 9.52. The van der Waals surface area contributed by atoms with Crippen molar-refractivity contribution in [1.82, 2.24) is 20.2 Å². The predicted molar refractivity (Wildman–Crippen MR) is 128 cm³/mol. The molecule has 35 heavy (non-hydrogen) atoms. The number of rotatable bonds is 4. The first kappa shape index (κ1) is 23.3. The summed E-state index contributed by atoms with van der Waals surface area (Å²) in [5.41, 5.74) is 0.325. The summed E-state index contributed by atoms with van der Waals surface area (Å²) in [5, 5.41) is 1.40. The summed E-state index contributed by atoms with van der Waals surface area (Å²) in [6, 6.07) is 6.36. The summed E-state index contributed by atoms with van der Waals surface area (Å²) >= 11 is 0. The van der Waals surface area contributed by atoms with E-state index in [4.69, 9.17) is 20.4 Å². The molecule has 0 bridgehead atoms. The SMILES string of the molecule is [B]C1([B])COc2c1c(=O)[nH]c1c(F)c(CN3CCN(c4ccc(C(=O)NC)nc4F)CC3)ccc21. The first-order chi connectivity index (χ1) is 16.7. The van der Waals surface area contributed by atoms with Crippen LogP contribution in [0, 0.1) is 11.8 Å². The molecular formula is C23H21B2F2N5O3. The lowest BCUT2D eigenvalue weighted by Crippen LogP contribution is -2.46. The fourth-order valence-electron chi connectivity index (χ4n) is 4.61. The van der Waals surface area contributed by atoms with Gasteiger partial charge in [0.2, 0.25) is 5.95 Å². The topological polar surface area (TPSA) is 90.6 Å².